The molecule has 0 aromatic carbocycles. The van der Waals surface area contributed by atoms with E-state index in [2.05, 4.69) is 14.9 Å². The van der Waals surface area contributed by atoms with Gasteiger partial charge in [0, 0.05) is 50.0 Å². The fourth-order valence-electron chi connectivity index (χ4n) is 3.11. The minimum absolute atomic E-state index is 0.0140. The molecule has 0 saturated carbocycles. The maximum absolute atomic E-state index is 12.9. The number of rotatable bonds is 4. The SMILES string of the molecule is Cc1sc(-c2ccco2)nc1C(=O)N1CCN(Cc2ccncc2)CC1. The Morgan fingerprint density at radius 2 is 1.96 bits per heavy atom. The van der Waals surface area contributed by atoms with Gasteiger partial charge in [-0.1, -0.05) is 0 Å². The molecule has 0 bridgehead atoms. The van der Waals surface area contributed by atoms with Gasteiger partial charge in [-0.15, -0.1) is 11.3 Å². The van der Waals surface area contributed by atoms with Gasteiger partial charge < -0.3 is 9.32 Å². The first-order valence-electron chi connectivity index (χ1n) is 8.62. The van der Waals surface area contributed by atoms with Gasteiger partial charge in [0.15, 0.2) is 10.8 Å². The second-order valence-electron chi connectivity index (χ2n) is 6.32. The van der Waals surface area contributed by atoms with Gasteiger partial charge in [-0.05, 0) is 36.8 Å². The van der Waals surface area contributed by atoms with Crippen molar-refractivity contribution >= 4 is 17.2 Å². The molecule has 0 atom stereocenters. The number of piperazine rings is 1. The van der Waals surface area contributed by atoms with Crippen molar-refractivity contribution in [2.75, 3.05) is 26.2 Å². The van der Waals surface area contributed by atoms with Crippen LogP contribution in [0.5, 0.6) is 0 Å². The first-order chi connectivity index (χ1) is 12.7. The smallest absolute Gasteiger partial charge is 0.273 e. The summed E-state index contributed by atoms with van der Waals surface area (Å²) in [4.78, 5) is 26.7. The van der Waals surface area contributed by atoms with E-state index < -0.39 is 0 Å². The summed E-state index contributed by atoms with van der Waals surface area (Å²) < 4.78 is 5.40. The summed E-state index contributed by atoms with van der Waals surface area (Å²) in [5.41, 5.74) is 1.79. The van der Waals surface area contributed by atoms with Crippen LogP contribution in [0.2, 0.25) is 0 Å². The Hall–Kier alpha value is -2.51. The van der Waals surface area contributed by atoms with Gasteiger partial charge in [0.25, 0.3) is 5.91 Å². The number of hydrogen-bond donors (Lipinski definition) is 0. The third-order valence-corrected chi connectivity index (χ3v) is 5.53. The maximum Gasteiger partial charge on any atom is 0.273 e. The molecule has 0 unspecified atom stereocenters. The van der Waals surface area contributed by atoms with Gasteiger partial charge >= 0.3 is 0 Å². The lowest BCUT2D eigenvalue weighted by atomic mass is 10.2. The van der Waals surface area contributed by atoms with Crippen LogP contribution in [0.4, 0.5) is 0 Å². The first-order valence-corrected chi connectivity index (χ1v) is 9.44. The van der Waals surface area contributed by atoms with E-state index in [1.165, 1.54) is 16.9 Å². The van der Waals surface area contributed by atoms with Crippen molar-refractivity contribution < 1.29 is 9.21 Å². The Bertz CT molecular complexity index is 868. The minimum Gasteiger partial charge on any atom is -0.462 e. The monoisotopic (exact) mass is 368 g/mol. The van der Waals surface area contributed by atoms with Crippen molar-refractivity contribution in [3.63, 3.8) is 0 Å². The van der Waals surface area contributed by atoms with Crippen molar-refractivity contribution in [3.8, 4) is 10.8 Å². The predicted octanol–water partition coefficient (Wildman–Crippen LogP) is 3.06. The van der Waals surface area contributed by atoms with Crippen molar-refractivity contribution in [2.45, 2.75) is 13.5 Å². The number of carbonyl (C=O) groups is 1. The molecular formula is C19H20N4O2S. The summed E-state index contributed by atoms with van der Waals surface area (Å²) in [7, 11) is 0. The molecule has 0 spiro atoms. The first kappa shape index (κ1) is 16.9. The van der Waals surface area contributed by atoms with Crippen molar-refractivity contribution in [1.29, 1.82) is 0 Å². The standard InChI is InChI=1S/C19H20N4O2S/c1-14-17(21-18(26-14)16-3-2-12-25-16)19(24)23-10-8-22(9-11-23)13-15-4-6-20-7-5-15/h2-7,12H,8-11,13H2,1H3. The van der Waals surface area contributed by atoms with E-state index in [1.54, 1.807) is 6.26 Å². The van der Waals surface area contributed by atoms with Crippen LogP contribution in [0.3, 0.4) is 0 Å². The molecule has 1 saturated heterocycles. The molecular weight excluding hydrogens is 348 g/mol. The Morgan fingerprint density at radius 3 is 2.65 bits per heavy atom. The lowest BCUT2D eigenvalue weighted by Crippen LogP contribution is -2.48. The zero-order valence-electron chi connectivity index (χ0n) is 14.6. The van der Waals surface area contributed by atoms with E-state index in [1.807, 2.05) is 48.5 Å². The van der Waals surface area contributed by atoms with E-state index in [-0.39, 0.29) is 5.91 Å². The van der Waals surface area contributed by atoms with Gasteiger partial charge in [-0.2, -0.15) is 0 Å². The van der Waals surface area contributed by atoms with E-state index in [4.69, 9.17) is 4.42 Å². The van der Waals surface area contributed by atoms with Crippen molar-refractivity contribution in [1.82, 2.24) is 19.8 Å². The largest absolute Gasteiger partial charge is 0.462 e. The average molecular weight is 368 g/mol. The predicted molar refractivity (Wildman–Crippen MR) is 100.0 cm³/mol. The summed E-state index contributed by atoms with van der Waals surface area (Å²) in [5.74, 6) is 0.722. The highest BCUT2D eigenvalue weighted by Crippen LogP contribution is 2.28. The van der Waals surface area contributed by atoms with Crippen molar-refractivity contribution in [3.05, 3.63) is 59.1 Å². The summed E-state index contributed by atoms with van der Waals surface area (Å²) in [5, 5.41) is 0.757. The molecule has 4 rings (SSSR count). The Balaban J connectivity index is 1.39. The highest BCUT2D eigenvalue weighted by molar-refractivity contribution is 7.15. The molecule has 6 nitrogen and oxygen atoms in total. The van der Waals surface area contributed by atoms with Crippen LogP contribution in [0, 0.1) is 6.92 Å². The Kier molecular flexibility index (Phi) is 4.81. The molecule has 0 radical (unpaired) electrons. The van der Waals surface area contributed by atoms with Gasteiger partial charge in [0.1, 0.15) is 5.69 Å². The van der Waals surface area contributed by atoms with Crippen molar-refractivity contribution in [2.24, 2.45) is 0 Å². The summed E-state index contributed by atoms with van der Waals surface area (Å²) in [6.45, 7) is 6.00. The molecule has 4 heterocycles. The van der Waals surface area contributed by atoms with Crippen LogP contribution >= 0.6 is 11.3 Å². The number of hydrogen-bond acceptors (Lipinski definition) is 6. The van der Waals surface area contributed by atoms with E-state index in [9.17, 15) is 4.79 Å². The zero-order chi connectivity index (χ0) is 17.9. The van der Waals surface area contributed by atoms with Gasteiger partial charge in [-0.25, -0.2) is 4.98 Å². The molecule has 3 aromatic rings. The normalized spacial score (nSPS) is 15.3. The van der Waals surface area contributed by atoms with E-state index >= 15 is 0 Å². The lowest BCUT2D eigenvalue weighted by Gasteiger charge is -2.34. The van der Waals surface area contributed by atoms with Crippen LogP contribution in [0.25, 0.3) is 10.8 Å². The fourth-order valence-corrected chi connectivity index (χ4v) is 3.98. The molecule has 0 N–H and O–H groups in total. The number of aromatic nitrogens is 2. The number of furan rings is 1. The average Bonchev–Trinajstić information content (AvgIpc) is 3.32. The van der Waals surface area contributed by atoms with Crippen LogP contribution in [-0.2, 0) is 6.54 Å². The maximum atomic E-state index is 12.9. The highest BCUT2D eigenvalue weighted by Gasteiger charge is 2.26. The molecule has 0 aliphatic carbocycles. The number of carbonyl (C=O) groups excluding carboxylic acids is 1. The second-order valence-corrected chi connectivity index (χ2v) is 7.53. The topological polar surface area (TPSA) is 62.5 Å². The molecule has 1 fully saturated rings. The van der Waals surface area contributed by atoms with E-state index in [0.717, 1.165) is 42.6 Å². The molecule has 134 valence electrons. The third-order valence-electron chi connectivity index (χ3n) is 4.55. The Morgan fingerprint density at radius 1 is 1.19 bits per heavy atom. The van der Waals surface area contributed by atoms with Gasteiger partial charge in [0.05, 0.1) is 6.26 Å². The number of aryl methyl sites for hydroxylation is 1. The molecule has 3 aromatic heterocycles. The van der Waals surface area contributed by atoms with Crippen LogP contribution in [0.15, 0.2) is 47.3 Å². The molecule has 1 amide bonds. The van der Waals surface area contributed by atoms with E-state index in [0.29, 0.717) is 11.5 Å². The molecule has 7 heteroatoms. The quantitative estimate of drug-likeness (QED) is 0.708. The number of amides is 1. The second kappa shape index (κ2) is 7.39. The van der Waals surface area contributed by atoms with Crippen LogP contribution < -0.4 is 0 Å². The zero-order valence-corrected chi connectivity index (χ0v) is 15.4. The summed E-state index contributed by atoms with van der Waals surface area (Å²) in [6.07, 6.45) is 5.25. The third kappa shape index (κ3) is 3.54. The minimum atomic E-state index is 0.0140. The number of nitrogens with zero attached hydrogens (tertiary/aromatic N) is 4. The van der Waals surface area contributed by atoms with Crippen LogP contribution in [0.1, 0.15) is 20.9 Å². The van der Waals surface area contributed by atoms with Gasteiger partial charge in [-0.3, -0.25) is 14.7 Å². The number of pyridine rings is 1. The fraction of sp³-hybridized carbons (Fsp3) is 0.316. The summed E-state index contributed by atoms with van der Waals surface area (Å²) >= 11 is 1.50. The number of thiazole rings is 1. The Labute approximate surface area is 156 Å². The molecule has 26 heavy (non-hydrogen) atoms. The lowest BCUT2D eigenvalue weighted by molar-refractivity contribution is 0.0623. The highest BCUT2D eigenvalue weighted by atomic mass is 32.1. The molecule has 1 aliphatic heterocycles. The van der Waals surface area contributed by atoms with Gasteiger partial charge in [0.2, 0.25) is 0 Å². The summed E-state index contributed by atoms with van der Waals surface area (Å²) in [6, 6.07) is 7.76. The van der Waals surface area contributed by atoms with Crippen LogP contribution in [-0.4, -0.2) is 51.9 Å². The molecule has 1 aliphatic rings.